The first kappa shape index (κ1) is 15.3. The Bertz CT molecular complexity index is 540. The SMILES string of the molecule is Cc1cc(Br)cc(Cl)c1OCCNCc1ccccn1. The summed E-state index contributed by atoms with van der Waals surface area (Å²) >= 11 is 9.56. The van der Waals surface area contributed by atoms with E-state index in [1.54, 1.807) is 6.20 Å². The molecule has 0 bridgehead atoms. The van der Waals surface area contributed by atoms with Crippen molar-refractivity contribution < 1.29 is 4.74 Å². The monoisotopic (exact) mass is 354 g/mol. The van der Waals surface area contributed by atoms with E-state index in [0.29, 0.717) is 11.6 Å². The van der Waals surface area contributed by atoms with Gasteiger partial charge in [0.05, 0.1) is 10.7 Å². The standard InChI is InChI=1S/C15H16BrClN2O/c1-11-8-12(16)9-14(17)15(11)20-7-6-18-10-13-4-2-3-5-19-13/h2-5,8-9,18H,6-7,10H2,1H3. The average molecular weight is 356 g/mol. The molecule has 0 aliphatic heterocycles. The molecule has 20 heavy (non-hydrogen) atoms. The van der Waals surface area contributed by atoms with Crippen molar-refractivity contribution in [3.8, 4) is 5.75 Å². The Morgan fingerprint density at radius 2 is 2.20 bits per heavy atom. The summed E-state index contributed by atoms with van der Waals surface area (Å²) in [6, 6.07) is 9.70. The molecule has 1 aromatic carbocycles. The summed E-state index contributed by atoms with van der Waals surface area (Å²) in [5, 5.41) is 3.91. The van der Waals surface area contributed by atoms with E-state index >= 15 is 0 Å². The molecule has 1 N–H and O–H groups in total. The van der Waals surface area contributed by atoms with Crippen LogP contribution in [-0.2, 0) is 6.54 Å². The highest BCUT2D eigenvalue weighted by Gasteiger charge is 2.06. The molecule has 0 saturated heterocycles. The predicted octanol–water partition coefficient (Wildman–Crippen LogP) is 3.97. The van der Waals surface area contributed by atoms with Gasteiger partial charge in [-0.25, -0.2) is 0 Å². The number of halogens is 2. The van der Waals surface area contributed by atoms with Crippen LogP contribution in [0.1, 0.15) is 11.3 Å². The number of nitrogens with zero attached hydrogens (tertiary/aromatic N) is 1. The molecule has 0 aliphatic rings. The Labute approximate surface area is 132 Å². The molecule has 0 amide bonds. The molecule has 2 aromatic rings. The maximum atomic E-state index is 6.16. The Morgan fingerprint density at radius 1 is 1.35 bits per heavy atom. The van der Waals surface area contributed by atoms with Gasteiger partial charge in [-0.2, -0.15) is 0 Å². The van der Waals surface area contributed by atoms with Gasteiger partial charge in [0.25, 0.3) is 0 Å². The highest BCUT2D eigenvalue weighted by molar-refractivity contribution is 9.10. The minimum Gasteiger partial charge on any atom is -0.490 e. The van der Waals surface area contributed by atoms with Crippen molar-refractivity contribution in [1.82, 2.24) is 10.3 Å². The van der Waals surface area contributed by atoms with Crippen LogP contribution in [-0.4, -0.2) is 18.1 Å². The summed E-state index contributed by atoms with van der Waals surface area (Å²) in [6.07, 6.45) is 1.79. The first-order valence-electron chi connectivity index (χ1n) is 6.36. The molecule has 106 valence electrons. The van der Waals surface area contributed by atoms with Crippen LogP contribution >= 0.6 is 27.5 Å². The topological polar surface area (TPSA) is 34.1 Å². The largest absolute Gasteiger partial charge is 0.490 e. The summed E-state index contributed by atoms with van der Waals surface area (Å²) in [5.41, 5.74) is 2.04. The maximum absolute atomic E-state index is 6.16. The number of aryl methyl sites for hydroxylation is 1. The average Bonchev–Trinajstić information content (AvgIpc) is 2.42. The maximum Gasteiger partial charge on any atom is 0.140 e. The van der Waals surface area contributed by atoms with Crippen molar-refractivity contribution >= 4 is 27.5 Å². The summed E-state index contributed by atoms with van der Waals surface area (Å²) < 4.78 is 6.68. The number of aromatic nitrogens is 1. The van der Waals surface area contributed by atoms with Gasteiger partial charge >= 0.3 is 0 Å². The molecule has 2 rings (SSSR count). The Balaban J connectivity index is 1.76. The highest BCUT2D eigenvalue weighted by Crippen LogP contribution is 2.31. The zero-order chi connectivity index (χ0) is 14.4. The van der Waals surface area contributed by atoms with Crippen LogP contribution in [0.3, 0.4) is 0 Å². The second-order valence-electron chi connectivity index (χ2n) is 4.38. The lowest BCUT2D eigenvalue weighted by Gasteiger charge is -2.12. The molecule has 3 nitrogen and oxygen atoms in total. The van der Waals surface area contributed by atoms with Gasteiger partial charge in [-0.05, 0) is 36.8 Å². The van der Waals surface area contributed by atoms with Crippen LogP contribution in [0.25, 0.3) is 0 Å². The molecule has 0 saturated carbocycles. The van der Waals surface area contributed by atoms with Crippen molar-refractivity contribution in [3.63, 3.8) is 0 Å². The van der Waals surface area contributed by atoms with Gasteiger partial charge in [-0.15, -0.1) is 0 Å². The van der Waals surface area contributed by atoms with Gasteiger partial charge in [0.2, 0.25) is 0 Å². The van der Waals surface area contributed by atoms with E-state index in [0.717, 1.165) is 34.6 Å². The molecule has 0 spiro atoms. The van der Waals surface area contributed by atoms with Crippen LogP contribution in [0.2, 0.25) is 5.02 Å². The van der Waals surface area contributed by atoms with Crippen LogP contribution in [0.15, 0.2) is 41.0 Å². The third-order valence-corrected chi connectivity index (χ3v) is 3.49. The zero-order valence-corrected chi connectivity index (χ0v) is 13.5. The summed E-state index contributed by atoms with van der Waals surface area (Å²) in [6.45, 7) is 4.02. The fraction of sp³-hybridized carbons (Fsp3) is 0.267. The quantitative estimate of drug-likeness (QED) is 0.796. The summed E-state index contributed by atoms with van der Waals surface area (Å²) in [5.74, 6) is 0.745. The smallest absolute Gasteiger partial charge is 0.140 e. The van der Waals surface area contributed by atoms with Crippen molar-refractivity contribution in [2.24, 2.45) is 0 Å². The van der Waals surface area contributed by atoms with Crippen LogP contribution < -0.4 is 10.1 Å². The first-order valence-corrected chi connectivity index (χ1v) is 7.53. The normalized spacial score (nSPS) is 10.6. The number of nitrogens with one attached hydrogen (secondary N) is 1. The van der Waals surface area contributed by atoms with Crippen LogP contribution in [0, 0.1) is 6.92 Å². The van der Waals surface area contributed by atoms with Gasteiger partial charge in [0.15, 0.2) is 0 Å². The second kappa shape index (κ2) is 7.62. The van der Waals surface area contributed by atoms with Gasteiger partial charge in [0.1, 0.15) is 12.4 Å². The van der Waals surface area contributed by atoms with Crippen molar-refractivity contribution in [3.05, 3.63) is 57.3 Å². The fourth-order valence-electron chi connectivity index (χ4n) is 1.82. The summed E-state index contributed by atoms with van der Waals surface area (Å²) in [4.78, 5) is 4.24. The third-order valence-electron chi connectivity index (χ3n) is 2.75. The number of rotatable bonds is 6. The van der Waals surface area contributed by atoms with Crippen molar-refractivity contribution in [1.29, 1.82) is 0 Å². The molecule has 0 fully saturated rings. The van der Waals surface area contributed by atoms with Crippen LogP contribution in [0.4, 0.5) is 0 Å². The number of ether oxygens (including phenoxy) is 1. The van der Waals surface area contributed by atoms with E-state index < -0.39 is 0 Å². The lowest BCUT2D eigenvalue weighted by molar-refractivity contribution is 0.311. The molecular formula is C15H16BrClN2O. The van der Waals surface area contributed by atoms with E-state index in [4.69, 9.17) is 16.3 Å². The Morgan fingerprint density at radius 3 is 2.90 bits per heavy atom. The first-order chi connectivity index (χ1) is 9.66. The number of pyridine rings is 1. The molecule has 0 aliphatic carbocycles. The van der Waals surface area contributed by atoms with Crippen LogP contribution in [0.5, 0.6) is 5.75 Å². The fourth-order valence-corrected chi connectivity index (χ4v) is 2.84. The zero-order valence-electron chi connectivity index (χ0n) is 11.2. The van der Waals surface area contributed by atoms with E-state index in [1.165, 1.54) is 0 Å². The van der Waals surface area contributed by atoms with E-state index in [1.807, 2.05) is 37.3 Å². The third kappa shape index (κ3) is 4.47. The number of hydrogen-bond acceptors (Lipinski definition) is 3. The molecule has 0 atom stereocenters. The van der Waals surface area contributed by atoms with Gasteiger partial charge in [-0.3, -0.25) is 4.98 Å². The lowest BCUT2D eigenvalue weighted by Crippen LogP contribution is -2.21. The molecule has 1 aromatic heterocycles. The molecule has 5 heteroatoms. The van der Waals surface area contributed by atoms with Crippen molar-refractivity contribution in [2.45, 2.75) is 13.5 Å². The highest BCUT2D eigenvalue weighted by atomic mass is 79.9. The van der Waals surface area contributed by atoms with Gasteiger partial charge < -0.3 is 10.1 Å². The molecule has 1 heterocycles. The van der Waals surface area contributed by atoms with E-state index in [-0.39, 0.29) is 0 Å². The molecular weight excluding hydrogens is 340 g/mol. The lowest BCUT2D eigenvalue weighted by atomic mass is 10.2. The number of benzene rings is 1. The van der Waals surface area contributed by atoms with Gasteiger partial charge in [-0.1, -0.05) is 33.6 Å². The molecule has 0 radical (unpaired) electrons. The van der Waals surface area contributed by atoms with Crippen molar-refractivity contribution in [2.75, 3.05) is 13.2 Å². The molecule has 0 unspecified atom stereocenters. The second-order valence-corrected chi connectivity index (χ2v) is 5.70. The summed E-state index contributed by atoms with van der Waals surface area (Å²) in [7, 11) is 0. The van der Waals surface area contributed by atoms with E-state index in [9.17, 15) is 0 Å². The minimum absolute atomic E-state index is 0.565. The van der Waals surface area contributed by atoms with E-state index in [2.05, 4.69) is 26.2 Å². The number of hydrogen-bond donors (Lipinski definition) is 1. The predicted molar refractivity (Wildman–Crippen MR) is 85.3 cm³/mol. The van der Waals surface area contributed by atoms with Gasteiger partial charge in [0, 0.05) is 23.8 Å². The Hall–Kier alpha value is -1.10. The minimum atomic E-state index is 0.565. The Kier molecular flexibility index (Phi) is 5.83.